The summed E-state index contributed by atoms with van der Waals surface area (Å²) >= 11 is 2.62. The molecule has 0 fully saturated rings. The largest absolute Gasteiger partial charge is 0.281 e. The molecule has 292 valence electrons. The number of hydrogen-bond donors (Lipinski definition) is 0. The van der Waals surface area contributed by atoms with Crippen LogP contribution in [0.25, 0.3) is 64.6 Å². The Balaban J connectivity index is 0.000000158. The van der Waals surface area contributed by atoms with E-state index in [1.807, 2.05) is 26.0 Å². The molecule has 0 bridgehead atoms. The molecule has 0 aliphatic rings. The number of rotatable bonds is 5. The third-order valence-electron chi connectivity index (χ3n) is 11.1. The second-order valence-electron chi connectivity index (χ2n) is 16.2. The Morgan fingerprint density at radius 1 is 0.441 bits per heavy atom. The predicted octanol–water partition coefficient (Wildman–Crippen LogP) is 16.5. The molecule has 0 N–H and O–H groups in total. The van der Waals surface area contributed by atoms with Crippen molar-refractivity contribution in [2.75, 3.05) is 0 Å². The average Bonchev–Trinajstić information content (AvgIpc) is 3.25. The van der Waals surface area contributed by atoms with Gasteiger partial charge in [-0.1, -0.05) is 170 Å². The Kier molecular flexibility index (Phi) is 11.2. The molecule has 0 radical (unpaired) electrons. The summed E-state index contributed by atoms with van der Waals surface area (Å²) in [6, 6.07) is 54.5. The molecule has 59 heavy (non-hydrogen) atoms. The second kappa shape index (κ2) is 16.5. The van der Waals surface area contributed by atoms with Gasteiger partial charge in [0.1, 0.15) is 0 Å². The van der Waals surface area contributed by atoms with Crippen molar-refractivity contribution in [3.05, 3.63) is 180 Å². The Morgan fingerprint density at radius 3 is 1.19 bits per heavy atom. The van der Waals surface area contributed by atoms with E-state index in [2.05, 4.69) is 180 Å². The van der Waals surface area contributed by atoms with E-state index in [1.165, 1.54) is 77.7 Å². The zero-order chi connectivity index (χ0) is 41.4. The zero-order valence-electron chi connectivity index (χ0n) is 34.7. The first-order valence-corrected chi connectivity index (χ1v) is 22.1. The molecule has 10 aromatic rings. The quantitative estimate of drug-likeness (QED) is 0.128. The lowest BCUT2D eigenvalue weighted by atomic mass is 9.87. The molecule has 0 saturated carbocycles. The summed E-state index contributed by atoms with van der Waals surface area (Å²) in [5.41, 5.74) is 4.24. The summed E-state index contributed by atoms with van der Waals surface area (Å²) in [4.78, 5) is 28.5. The van der Waals surface area contributed by atoms with Crippen molar-refractivity contribution in [1.29, 1.82) is 0 Å². The molecule has 0 amide bonds. The van der Waals surface area contributed by atoms with E-state index in [4.69, 9.17) is 0 Å². The van der Waals surface area contributed by atoms with Gasteiger partial charge in [-0.05, 0) is 147 Å². The number of thioether (sulfide) groups is 2. The van der Waals surface area contributed by atoms with Crippen molar-refractivity contribution < 1.29 is 9.59 Å². The van der Waals surface area contributed by atoms with Crippen molar-refractivity contribution in [3.63, 3.8) is 0 Å². The monoisotopic (exact) mass is 804 g/mol. The van der Waals surface area contributed by atoms with Gasteiger partial charge in [0.05, 0.1) is 0 Å². The lowest BCUT2D eigenvalue weighted by Crippen LogP contribution is -2.10. The van der Waals surface area contributed by atoms with Gasteiger partial charge in [0, 0.05) is 20.9 Å². The lowest BCUT2D eigenvalue weighted by Gasteiger charge is -2.19. The Bertz CT molecular complexity index is 3100. The van der Waals surface area contributed by atoms with Crippen LogP contribution in [0, 0.1) is 0 Å². The third-order valence-corrected chi connectivity index (χ3v) is 13.0. The molecule has 10 rings (SSSR count). The standard InChI is InChI=1S/C27H22OS.C26H20OS.C2H6/c1-27(2,3)20-12-14-21(15-13-20)29-26(28)23-16-19-8-4-6-17-10-11-18-7-5-9-22(23)25(18)24(17)19;1-16(2)17-11-13-21(14-12-17)28-26(27)23-15-20-7-3-5-18-9-10-19-6-4-8-22(23)25(19)24(18)20;1-2/h4-16H,1-3H3;3-16H,1-2H3;1-2H3. The first-order chi connectivity index (χ1) is 28.5. The SMILES string of the molecule is CC.CC(C)(C)c1ccc(SC(=O)c2cc3cccc4ccc5cccc2c5c43)cc1.CC(C)c1ccc(SC(=O)c2cc3cccc4ccc5cccc2c5c43)cc1. The van der Waals surface area contributed by atoms with Crippen LogP contribution in [0.4, 0.5) is 0 Å². The summed E-state index contributed by atoms with van der Waals surface area (Å²) in [6.45, 7) is 15.0. The highest BCUT2D eigenvalue weighted by atomic mass is 32.2. The topological polar surface area (TPSA) is 34.1 Å². The first kappa shape index (κ1) is 40.1. The third kappa shape index (κ3) is 7.80. The summed E-state index contributed by atoms with van der Waals surface area (Å²) in [7, 11) is 0. The number of hydrogen-bond acceptors (Lipinski definition) is 4. The number of benzene rings is 10. The highest BCUT2D eigenvalue weighted by Gasteiger charge is 2.20. The van der Waals surface area contributed by atoms with Crippen LogP contribution < -0.4 is 0 Å². The molecule has 0 aliphatic carbocycles. The Hall–Kier alpha value is -5.68. The molecule has 10 aromatic carbocycles. The highest BCUT2D eigenvalue weighted by molar-refractivity contribution is 8.14. The molecular formula is C55H48O2S2. The molecule has 2 nitrogen and oxygen atoms in total. The minimum absolute atomic E-state index is 0.0903. The molecule has 0 saturated heterocycles. The molecular weight excluding hydrogens is 757 g/mol. The normalized spacial score (nSPS) is 11.7. The fraction of sp³-hybridized carbons (Fsp3) is 0.164. The van der Waals surface area contributed by atoms with Gasteiger partial charge >= 0.3 is 0 Å². The van der Waals surface area contributed by atoms with Gasteiger partial charge in [-0.3, -0.25) is 9.59 Å². The van der Waals surface area contributed by atoms with Gasteiger partial charge in [-0.25, -0.2) is 0 Å². The highest BCUT2D eigenvalue weighted by Crippen LogP contribution is 2.40. The van der Waals surface area contributed by atoms with E-state index in [0.717, 1.165) is 42.5 Å². The number of carbonyl (C=O) groups is 2. The maximum atomic E-state index is 13.3. The van der Waals surface area contributed by atoms with Crippen LogP contribution in [0.2, 0.25) is 0 Å². The van der Waals surface area contributed by atoms with Crippen molar-refractivity contribution >= 4 is 98.4 Å². The Labute approximate surface area is 355 Å². The fourth-order valence-corrected chi connectivity index (χ4v) is 9.66. The second-order valence-corrected chi connectivity index (χ2v) is 18.3. The van der Waals surface area contributed by atoms with Crippen LogP contribution in [0.3, 0.4) is 0 Å². The van der Waals surface area contributed by atoms with Gasteiger partial charge in [-0.15, -0.1) is 0 Å². The average molecular weight is 805 g/mol. The van der Waals surface area contributed by atoms with Crippen LogP contribution in [0.5, 0.6) is 0 Å². The maximum Gasteiger partial charge on any atom is 0.224 e. The number of carbonyl (C=O) groups excluding carboxylic acids is 2. The zero-order valence-corrected chi connectivity index (χ0v) is 36.4. The predicted molar refractivity (Wildman–Crippen MR) is 258 cm³/mol. The van der Waals surface area contributed by atoms with Crippen molar-refractivity contribution in [2.45, 2.75) is 69.6 Å². The van der Waals surface area contributed by atoms with Crippen LogP contribution in [-0.2, 0) is 5.41 Å². The molecule has 0 heterocycles. The molecule has 0 atom stereocenters. The molecule has 4 heteroatoms. The lowest BCUT2D eigenvalue weighted by molar-refractivity contribution is 0.108. The van der Waals surface area contributed by atoms with Crippen LogP contribution in [-0.4, -0.2) is 10.2 Å². The Morgan fingerprint density at radius 2 is 0.797 bits per heavy atom. The minimum Gasteiger partial charge on any atom is -0.281 e. The summed E-state index contributed by atoms with van der Waals surface area (Å²) < 4.78 is 0. The van der Waals surface area contributed by atoms with Gasteiger partial charge in [0.25, 0.3) is 0 Å². The van der Waals surface area contributed by atoms with E-state index in [9.17, 15) is 9.59 Å². The molecule has 0 aromatic heterocycles. The van der Waals surface area contributed by atoms with Crippen molar-refractivity contribution in [3.8, 4) is 0 Å². The van der Waals surface area contributed by atoms with E-state index in [1.54, 1.807) is 0 Å². The van der Waals surface area contributed by atoms with Crippen LogP contribution in [0.15, 0.2) is 168 Å². The van der Waals surface area contributed by atoms with Crippen molar-refractivity contribution in [1.82, 2.24) is 0 Å². The van der Waals surface area contributed by atoms with Gasteiger partial charge in [0.15, 0.2) is 0 Å². The van der Waals surface area contributed by atoms with Gasteiger partial charge < -0.3 is 0 Å². The molecule has 0 aliphatic heterocycles. The van der Waals surface area contributed by atoms with Crippen LogP contribution >= 0.6 is 23.5 Å². The van der Waals surface area contributed by atoms with Gasteiger partial charge in [0.2, 0.25) is 10.2 Å². The van der Waals surface area contributed by atoms with Crippen LogP contribution in [0.1, 0.15) is 86.2 Å². The molecule has 0 spiro atoms. The summed E-state index contributed by atoms with van der Waals surface area (Å²) in [6.07, 6.45) is 0. The molecule has 0 unspecified atom stereocenters. The summed E-state index contributed by atoms with van der Waals surface area (Å²) in [5.74, 6) is 0.491. The van der Waals surface area contributed by atoms with Crippen molar-refractivity contribution in [2.24, 2.45) is 0 Å². The maximum absolute atomic E-state index is 13.3. The first-order valence-electron chi connectivity index (χ1n) is 20.5. The van der Waals surface area contributed by atoms with E-state index >= 15 is 0 Å². The fourth-order valence-electron chi connectivity index (χ4n) is 8.13. The van der Waals surface area contributed by atoms with Gasteiger partial charge in [-0.2, -0.15) is 0 Å². The van der Waals surface area contributed by atoms with E-state index in [0.29, 0.717) is 5.92 Å². The summed E-state index contributed by atoms with van der Waals surface area (Å²) in [5, 5.41) is 14.2. The smallest absolute Gasteiger partial charge is 0.224 e. The van der Waals surface area contributed by atoms with E-state index in [-0.39, 0.29) is 15.6 Å². The minimum atomic E-state index is 0.0903. The van der Waals surface area contributed by atoms with E-state index < -0.39 is 0 Å².